The maximum Gasteiger partial charge on any atom is 0.293 e. The summed E-state index contributed by atoms with van der Waals surface area (Å²) < 4.78 is 0. The molecule has 0 saturated carbocycles. The van der Waals surface area contributed by atoms with Crippen LogP contribution < -0.4 is 0 Å². The van der Waals surface area contributed by atoms with Gasteiger partial charge in [-0.15, -0.1) is 5.10 Å². The lowest BCUT2D eigenvalue weighted by atomic mass is 10.1. The monoisotopic (exact) mass is 263 g/mol. The van der Waals surface area contributed by atoms with Gasteiger partial charge in [0.2, 0.25) is 5.82 Å². The molecule has 2 aliphatic rings. The summed E-state index contributed by atoms with van der Waals surface area (Å²) in [6.45, 7) is 7.07. The number of fused-ring (bicyclic) bond motifs is 1. The fourth-order valence-electron chi connectivity index (χ4n) is 3.15. The third-order valence-corrected chi connectivity index (χ3v) is 4.26. The molecule has 104 valence electrons. The average Bonchev–Trinajstić information content (AvgIpc) is 3.05. The Labute approximate surface area is 113 Å². The van der Waals surface area contributed by atoms with Crippen molar-refractivity contribution in [3.63, 3.8) is 0 Å². The molecule has 1 aromatic rings. The zero-order chi connectivity index (χ0) is 13.4. The van der Waals surface area contributed by atoms with Crippen molar-refractivity contribution in [1.82, 2.24) is 25.0 Å². The van der Waals surface area contributed by atoms with Gasteiger partial charge in [0, 0.05) is 31.6 Å². The molecule has 0 aromatic carbocycles. The van der Waals surface area contributed by atoms with E-state index < -0.39 is 0 Å². The third-order valence-electron chi connectivity index (χ3n) is 4.26. The van der Waals surface area contributed by atoms with Crippen LogP contribution in [0.3, 0.4) is 0 Å². The fraction of sp³-hybridized carbons (Fsp3) is 0.769. The van der Waals surface area contributed by atoms with E-state index in [2.05, 4.69) is 27.0 Å². The zero-order valence-electron chi connectivity index (χ0n) is 11.6. The second kappa shape index (κ2) is 4.92. The predicted molar refractivity (Wildman–Crippen MR) is 70.9 cm³/mol. The molecule has 0 radical (unpaired) electrons. The topological polar surface area (TPSA) is 65.1 Å². The van der Waals surface area contributed by atoms with E-state index in [1.54, 1.807) is 0 Å². The van der Waals surface area contributed by atoms with Gasteiger partial charge in [-0.1, -0.05) is 6.92 Å². The Kier molecular flexibility index (Phi) is 3.26. The highest BCUT2D eigenvalue weighted by Crippen LogP contribution is 2.25. The van der Waals surface area contributed by atoms with Crippen molar-refractivity contribution in [2.75, 3.05) is 19.6 Å². The molecule has 2 atom stereocenters. The Morgan fingerprint density at radius 3 is 3.05 bits per heavy atom. The molecule has 1 amide bonds. The fourth-order valence-corrected chi connectivity index (χ4v) is 3.15. The molecule has 1 aromatic heterocycles. The van der Waals surface area contributed by atoms with E-state index in [1.807, 2.05) is 11.8 Å². The molecule has 0 spiro atoms. The number of aryl methyl sites for hydroxylation is 1. The highest BCUT2D eigenvalue weighted by atomic mass is 16.2. The van der Waals surface area contributed by atoms with Gasteiger partial charge in [0.25, 0.3) is 5.91 Å². The number of H-pyrrole nitrogens is 1. The number of piperazine rings is 1. The summed E-state index contributed by atoms with van der Waals surface area (Å²) in [6.07, 6.45) is 3.22. The highest BCUT2D eigenvalue weighted by molar-refractivity contribution is 5.90. The van der Waals surface area contributed by atoms with Gasteiger partial charge >= 0.3 is 0 Å². The summed E-state index contributed by atoms with van der Waals surface area (Å²) in [4.78, 5) is 21.2. The van der Waals surface area contributed by atoms with Crippen molar-refractivity contribution < 1.29 is 4.79 Å². The molecule has 0 aliphatic carbocycles. The molecule has 6 heteroatoms. The van der Waals surface area contributed by atoms with Crippen LogP contribution in [0, 0.1) is 0 Å². The van der Waals surface area contributed by atoms with Crippen LogP contribution in [0.15, 0.2) is 0 Å². The largest absolute Gasteiger partial charge is 0.330 e. The second-order valence-electron chi connectivity index (χ2n) is 5.56. The van der Waals surface area contributed by atoms with E-state index in [-0.39, 0.29) is 11.9 Å². The Morgan fingerprint density at radius 1 is 1.47 bits per heavy atom. The molecule has 19 heavy (non-hydrogen) atoms. The number of rotatable bonds is 2. The van der Waals surface area contributed by atoms with E-state index >= 15 is 0 Å². The number of hydrogen-bond acceptors (Lipinski definition) is 4. The number of nitrogens with zero attached hydrogens (tertiary/aromatic N) is 4. The summed E-state index contributed by atoms with van der Waals surface area (Å²) in [6, 6.07) is 0.773. The third kappa shape index (κ3) is 2.25. The van der Waals surface area contributed by atoms with Crippen molar-refractivity contribution in [1.29, 1.82) is 0 Å². The Hall–Kier alpha value is -1.43. The lowest BCUT2D eigenvalue weighted by molar-refractivity contribution is 0.0385. The van der Waals surface area contributed by atoms with Crippen LogP contribution in [0.1, 0.15) is 43.1 Å². The van der Waals surface area contributed by atoms with E-state index in [1.165, 1.54) is 19.4 Å². The van der Waals surface area contributed by atoms with Gasteiger partial charge in [0.1, 0.15) is 5.82 Å². The van der Waals surface area contributed by atoms with Crippen LogP contribution in [0.4, 0.5) is 0 Å². The molecule has 2 fully saturated rings. The number of hydrogen-bond donors (Lipinski definition) is 1. The highest BCUT2D eigenvalue weighted by Gasteiger charge is 2.37. The minimum absolute atomic E-state index is 0.0324. The van der Waals surface area contributed by atoms with Crippen molar-refractivity contribution >= 4 is 5.91 Å². The molecule has 2 saturated heterocycles. The van der Waals surface area contributed by atoms with Crippen LogP contribution >= 0.6 is 0 Å². The maximum atomic E-state index is 12.5. The zero-order valence-corrected chi connectivity index (χ0v) is 11.6. The van der Waals surface area contributed by atoms with Gasteiger partial charge in [-0.2, -0.15) is 0 Å². The van der Waals surface area contributed by atoms with E-state index in [9.17, 15) is 4.79 Å². The van der Waals surface area contributed by atoms with Crippen LogP contribution in [0.5, 0.6) is 0 Å². The normalized spacial score (nSPS) is 27.6. The molecule has 2 unspecified atom stereocenters. The van der Waals surface area contributed by atoms with Gasteiger partial charge in [-0.05, 0) is 26.3 Å². The van der Waals surface area contributed by atoms with Crippen LogP contribution in [-0.2, 0) is 6.42 Å². The van der Waals surface area contributed by atoms with Gasteiger partial charge in [0.05, 0.1) is 0 Å². The molecular formula is C13H21N5O. The summed E-state index contributed by atoms with van der Waals surface area (Å²) in [7, 11) is 0. The van der Waals surface area contributed by atoms with Gasteiger partial charge < -0.3 is 4.90 Å². The van der Waals surface area contributed by atoms with Crippen LogP contribution in [-0.4, -0.2) is 62.6 Å². The molecule has 0 bridgehead atoms. The van der Waals surface area contributed by atoms with Crippen molar-refractivity contribution in [3.8, 4) is 0 Å². The summed E-state index contributed by atoms with van der Waals surface area (Å²) in [5.74, 6) is 1.06. The molecule has 3 heterocycles. The Balaban J connectivity index is 1.75. The maximum absolute atomic E-state index is 12.5. The average molecular weight is 263 g/mol. The first-order valence-corrected chi connectivity index (χ1v) is 7.15. The summed E-state index contributed by atoms with van der Waals surface area (Å²) in [5, 5.41) is 6.86. The number of aromatic amines is 1. The minimum atomic E-state index is -0.0324. The Bertz CT molecular complexity index is 471. The summed E-state index contributed by atoms with van der Waals surface area (Å²) in [5.41, 5.74) is 0. The van der Waals surface area contributed by atoms with Crippen molar-refractivity contribution in [2.24, 2.45) is 0 Å². The van der Waals surface area contributed by atoms with Gasteiger partial charge in [-0.3, -0.25) is 14.8 Å². The van der Waals surface area contributed by atoms with Crippen molar-refractivity contribution in [2.45, 2.75) is 45.2 Å². The SMILES string of the molecule is CCc1nc(C(=O)N2CC3CCCN3CC2C)n[nH]1. The van der Waals surface area contributed by atoms with E-state index in [0.29, 0.717) is 11.9 Å². The number of carbonyl (C=O) groups is 1. The van der Waals surface area contributed by atoms with E-state index in [0.717, 1.165) is 25.3 Å². The molecule has 3 rings (SSSR count). The number of aromatic nitrogens is 3. The first kappa shape index (κ1) is 12.6. The number of carbonyl (C=O) groups excluding carboxylic acids is 1. The van der Waals surface area contributed by atoms with Crippen molar-refractivity contribution in [3.05, 3.63) is 11.6 Å². The lowest BCUT2D eigenvalue weighted by Gasteiger charge is -2.41. The Morgan fingerprint density at radius 2 is 2.32 bits per heavy atom. The van der Waals surface area contributed by atoms with Crippen LogP contribution in [0.25, 0.3) is 0 Å². The van der Waals surface area contributed by atoms with Gasteiger partial charge in [0.15, 0.2) is 0 Å². The second-order valence-corrected chi connectivity index (χ2v) is 5.56. The quantitative estimate of drug-likeness (QED) is 0.852. The standard InChI is InChI=1S/C13H21N5O/c1-3-11-14-12(16-15-11)13(19)18-8-10-5-4-6-17(10)7-9(18)2/h9-10H,3-8H2,1-2H3,(H,14,15,16). The lowest BCUT2D eigenvalue weighted by Crippen LogP contribution is -2.56. The first-order chi connectivity index (χ1) is 9.19. The number of nitrogens with one attached hydrogen (secondary N) is 1. The molecule has 2 aliphatic heterocycles. The van der Waals surface area contributed by atoms with Gasteiger partial charge in [-0.25, -0.2) is 4.98 Å². The summed E-state index contributed by atoms with van der Waals surface area (Å²) >= 11 is 0. The molecular weight excluding hydrogens is 242 g/mol. The predicted octanol–water partition coefficient (Wildman–Crippen LogP) is 0.676. The molecule has 6 nitrogen and oxygen atoms in total. The van der Waals surface area contributed by atoms with E-state index in [4.69, 9.17) is 0 Å². The smallest absolute Gasteiger partial charge is 0.293 e. The van der Waals surface area contributed by atoms with Crippen LogP contribution in [0.2, 0.25) is 0 Å². The molecule has 1 N–H and O–H groups in total. The first-order valence-electron chi connectivity index (χ1n) is 7.15. The minimum Gasteiger partial charge on any atom is -0.330 e. The number of amides is 1.